The predicted octanol–water partition coefficient (Wildman–Crippen LogP) is 2.73. The maximum atomic E-state index is 12.1. The fourth-order valence-electron chi connectivity index (χ4n) is 2.21. The van der Waals surface area contributed by atoms with Gasteiger partial charge in [-0.1, -0.05) is 18.2 Å². The van der Waals surface area contributed by atoms with Crippen molar-refractivity contribution in [3.05, 3.63) is 47.5 Å². The van der Waals surface area contributed by atoms with Crippen molar-refractivity contribution >= 4 is 17.6 Å². The zero-order valence-electron chi connectivity index (χ0n) is 14.2. The van der Waals surface area contributed by atoms with Crippen LogP contribution in [0, 0.1) is 6.92 Å². The molecular formula is C18H19NO6. The highest BCUT2D eigenvalue weighted by molar-refractivity contribution is 6.01. The average Bonchev–Trinajstić information content (AvgIpc) is 2.60. The van der Waals surface area contributed by atoms with Crippen LogP contribution in [0.4, 0.5) is 5.69 Å². The molecule has 0 aliphatic heterocycles. The van der Waals surface area contributed by atoms with Gasteiger partial charge in [0.05, 0.1) is 25.5 Å². The van der Waals surface area contributed by atoms with Crippen LogP contribution in [0.2, 0.25) is 0 Å². The molecule has 0 spiro atoms. The quantitative estimate of drug-likeness (QED) is 0.801. The van der Waals surface area contributed by atoms with Gasteiger partial charge in [0.1, 0.15) is 5.75 Å². The van der Waals surface area contributed by atoms with Gasteiger partial charge in [-0.15, -0.1) is 0 Å². The number of para-hydroxylation sites is 1. The van der Waals surface area contributed by atoms with Gasteiger partial charge in [0.15, 0.2) is 18.1 Å². The average molecular weight is 345 g/mol. The molecule has 2 rings (SSSR count). The second kappa shape index (κ2) is 8.05. The topological polar surface area (TPSA) is 94.1 Å². The van der Waals surface area contributed by atoms with Gasteiger partial charge in [0.25, 0.3) is 5.91 Å². The molecule has 7 nitrogen and oxygen atoms in total. The van der Waals surface area contributed by atoms with Crippen molar-refractivity contribution in [1.82, 2.24) is 0 Å². The lowest BCUT2D eigenvalue weighted by atomic mass is 10.1. The highest BCUT2D eigenvalue weighted by Gasteiger charge is 2.18. The van der Waals surface area contributed by atoms with Crippen molar-refractivity contribution in [3.8, 4) is 17.2 Å². The van der Waals surface area contributed by atoms with Crippen LogP contribution in [0.25, 0.3) is 0 Å². The van der Waals surface area contributed by atoms with Gasteiger partial charge < -0.3 is 24.6 Å². The molecule has 0 saturated carbocycles. The summed E-state index contributed by atoms with van der Waals surface area (Å²) in [6.07, 6.45) is 0. The van der Waals surface area contributed by atoms with Crippen molar-refractivity contribution in [2.24, 2.45) is 0 Å². The van der Waals surface area contributed by atoms with Crippen molar-refractivity contribution < 1.29 is 28.9 Å². The van der Waals surface area contributed by atoms with E-state index in [4.69, 9.17) is 14.2 Å². The lowest BCUT2D eigenvalue weighted by Gasteiger charge is -2.14. The van der Waals surface area contributed by atoms with E-state index in [-0.39, 0.29) is 23.6 Å². The maximum Gasteiger partial charge on any atom is 0.337 e. The number of carbonyl (C=O) groups excluding carboxylic acids is 1. The largest absolute Gasteiger partial charge is 0.493 e. The molecule has 0 aromatic heterocycles. The van der Waals surface area contributed by atoms with E-state index < -0.39 is 11.9 Å². The first kappa shape index (κ1) is 18.1. The van der Waals surface area contributed by atoms with E-state index >= 15 is 0 Å². The molecule has 0 radical (unpaired) electrons. The standard InChI is InChI=1S/C18H19NO6/c1-11-6-4-5-7-14(11)25-10-17(20)19-13-9-16(24-3)15(23-2)8-12(13)18(21)22/h4-9H,10H2,1-3H3,(H,19,20)(H,21,22). The summed E-state index contributed by atoms with van der Waals surface area (Å²) in [5.74, 6) is -0.533. The van der Waals surface area contributed by atoms with E-state index in [0.717, 1.165) is 5.56 Å². The van der Waals surface area contributed by atoms with Crippen LogP contribution in [-0.4, -0.2) is 37.8 Å². The summed E-state index contributed by atoms with van der Waals surface area (Å²) in [5.41, 5.74) is 0.887. The van der Waals surface area contributed by atoms with E-state index in [1.54, 1.807) is 12.1 Å². The zero-order chi connectivity index (χ0) is 18.4. The smallest absolute Gasteiger partial charge is 0.337 e. The Morgan fingerprint density at radius 3 is 2.28 bits per heavy atom. The molecule has 25 heavy (non-hydrogen) atoms. The van der Waals surface area contributed by atoms with Crippen LogP contribution in [0.1, 0.15) is 15.9 Å². The second-order valence-corrected chi connectivity index (χ2v) is 5.16. The molecule has 0 heterocycles. The fraction of sp³-hybridized carbons (Fsp3) is 0.222. The monoisotopic (exact) mass is 345 g/mol. The number of anilines is 1. The van der Waals surface area contributed by atoms with Crippen LogP contribution >= 0.6 is 0 Å². The SMILES string of the molecule is COc1cc(NC(=O)COc2ccccc2C)c(C(=O)O)cc1OC. The molecule has 2 aromatic carbocycles. The van der Waals surface area contributed by atoms with E-state index in [1.165, 1.54) is 26.4 Å². The predicted molar refractivity (Wildman–Crippen MR) is 91.8 cm³/mol. The number of nitrogens with one attached hydrogen (secondary N) is 1. The van der Waals surface area contributed by atoms with Gasteiger partial charge in [-0.25, -0.2) is 4.79 Å². The number of carbonyl (C=O) groups is 2. The summed E-state index contributed by atoms with van der Waals surface area (Å²) in [4.78, 5) is 23.5. The Hall–Kier alpha value is -3.22. The van der Waals surface area contributed by atoms with E-state index in [1.807, 2.05) is 19.1 Å². The third kappa shape index (κ3) is 4.41. The number of methoxy groups -OCH3 is 2. The third-order valence-corrected chi connectivity index (χ3v) is 3.48. The second-order valence-electron chi connectivity index (χ2n) is 5.16. The normalized spacial score (nSPS) is 10.0. The highest BCUT2D eigenvalue weighted by Crippen LogP contribution is 2.33. The van der Waals surface area contributed by atoms with Crippen LogP contribution in [0.3, 0.4) is 0 Å². The summed E-state index contributed by atoms with van der Waals surface area (Å²) in [5, 5.41) is 11.9. The third-order valence-electron chi connectivity index (χ3n) is 3.48. The molecule has 132 valence electrons. The minimum absolute atomic E-state index is 0.100. The van der Waals surface area contributed by atoms with Gasteiger partial charge in [-0.2, -0.15) is 0 Å². The summed E-state index contributed by atoms with van der Waals surface area (Å²) in [6.45, 7) is 1.61. The lowest BCUT2D eigenvalue weighted by molar-refractivity contribution is -0.118. The number of hydrogen-bond acceptors (Lipinski definition) is 5. The molecule has 0 aliphatic carbocycles. The van der Waals surface area contributed by atoms with E-state index in [9.17, 15) is 14.7 Å². The van der Waals surface area contributed by atoms with E-state index in [0.29, 0.717) is 11.5 Å². The summed E-state index contributed by atoms with van der Waals surface area (Å²) >= 11 is 0. The molecule has 0 fully saturated rings. The first-order valence-corrected chi connectivity index (χ1v) is 7.44. The molecule has 0 atom stereocenters. The number of carboxylic acid groups (broad SMARTS) is 1. The fourth-order valence-corrected chi connectivity index (χ4v) is 2.21. The number of hydrogen-bond donors (Lipinski definition) is 2. The first-order chi connectivity index (χ1) is 12.0. The number of rotatable bonds is 7. The highest BCUT2D eigenvalue weighted by atomic mass is 16.5. The van der Waals surface area contributed by atoms with Crippen molar-refractivity contribution in [1.29, 1.82) is 0 Å². The van der Waals surface area contributed by atoms with Crippen LogP contribution in [-0.2, 0) is 4.79 Å². The number of ether oxygens (including phenoxy) is 3. The van der Waals surface area contributed by atoms with Crippen molar-refractivity contribution in [3.63, 3.8) is 0 Å². The summed E-state index contributed by atoms with van der Waals surface area (Å²) in [6, 6.07) is 9.97. The Labute approximate surface area is 145 Å². The number of benzene rings is 2. The maximum absolute atomic E-state index is 12.1. The van der Waals surface area contributed by atoms with Gasteiger partial charge in [0.2, 0.25) is 0 Å². The Bertz CT molecular complexity index is 787. The first-order valence-electron chi connectivity index (χ1n) is 7.44. The van der Waals surface area contributed by atoms with Crippen LogP contribution in [0.5, 0.6) is 17.2 Å². The Morgan fingerprint density at radius 1 is 1.04 bits per heavy atom. The number of amides is 1. The lowest BCUT2D eigenvalue weighted by Crippen LogP contribution is -2.22. The number of aromatic carboxylic acids is 1. The Kier molecular flexibility index (Phi) is 5.84. The minimum atomic E-state index is -1.20. The van der Waals surface area contributed by atoms with Crippen LogP contribution in [0.15, 0.2) is 36.4 Å². The molecule has 2 aromatic rings. The van der Waals surface area contributed by atoms with Gasteiger partial charge in [-0.05, 0) is 18.6 Å². The molecule has 0 saturated heterocycles. The molecular weight excluding hydrogens is 326 g/mol. The summed E-state index contributed by atoms with van der Waals surface area (Å²) < 4.78 is 15.7. The zero-order valence-corrected chi connectivity index (χ0v) is 14.2. The number of aryl methyl sites for hydroxylation is 1. The Balaban J connectivity index is 2.16. The van der Waals surface area contributed by atoms with Gasteiger partial charge in [-0.3, -0.25) is 4.79 Å². The summed E-state index contributed by atoms with van der Waals surface area (Å²) in [7, 11) is 2.82. The molecule has 0 aliphatic rings. The van der Waals surface area contributed by atoms with E-state index in [2.05, 4.69) is 5.32 Å². The van der Waals surface area contributed by atoms with Crippen molar-refractivity contribution in [2.75, 3.05) is 26.1 Å². The van der Waals surface area contributed by atoms with Gasteiger partial charge in [0, 0.05) is 12.1 Å². The molecule has 1 amide bonds. The molecule has 7 heteroatoms. The number of carboxylic acids is 1. The minimum Gasteiger partial charge on any atom is -0.493 e. The van der Waals surface area contributed by atoms with Crippen LogP contribution < -0.4 is 19.5 Å². The molecule has 0 unspecified atom stereocenters. The molecule has 0 bridgehead atoms. The molecule has 2 N–H and O–H groups in total. The van der Waals surface area contributed by atoms with Gasteiger partial charge >= 0.3 is 5.97 Å². The van der Waals surface area contributed by atoms with Crippen molar-refractivity contribution in [2.45, 2.75) is 6.92 Å². The Morgan fingerprint density at radius 2 is 1.68 bits per heavy atom.